The first-order valence-corrected chi connectivity index (χ1v) is 12.5. The zero-order valence-electron chi connectivity index (χ0n) is 20.5. The number of nitrogens with one attached hydrogen (secondary N) is 2. The van der Waals surface area contributed by atoms with Crippen LogP contribution in [0.15, 0.2) is 89.5 Å². The highest BCUT2D eigenvalue weighted by atomic mass is 16.5. The third kappa shape index (κ3) is 6.29. The Kier molecular flexibility index (Phi) is 7.66. The van der Waals surface area contributed by atoms with Crippen molar-refractivity contribution in [2.24, 2.45) is 5.92 Å². The Hall–Kier alpha value is -4.30. The van der Waals surface area contributed by atoms with Crippen molar-refractivity contribution in [2.45, 2.75) is 25.9 Å². The maximum Gasteiger partial charge on any atom is 0.253 e. The molecule has 1 aliphatic heterocycles. The van der Waals surface area contributed by atoms with Gasteiger partial charge in [0.2, 0.25) is 17.6 Å². The topological polar surface area (TPSA) is 100 Å². The summed E-state index contributed by atoms with van der Waals surface area (Å²) in [6.45, 7) is 2.34. The van der Waals surface area contributed by atoms with Gasteiger partial charge in [0, 0.05) is 18.7 Å². The molecule has 5 rings (SSSR count). The summed E-state index contributed by atoms with van der Waals surface area (Å²) in [5, 5.41) is 10.0. The minimum atomic E-state index is -0.226. The average Bonchev–Trinajstić information content (AvgIpc) is 3.41. The Morgan fingerprint density at radius 1 is 0.946 bits per heavy atom. The molecule has 1 saturated heterocycles. The van der Waals surface area contributed by atoms with Gasteiger partial charge in [-0.15, -0.1) is 0 Å². The van der Waals surface area contributed by atoms with E-state index in [4.69, 9.17) is 4.52 Å². The minimum Gasteiger partial charge on any atom is -0.348 e. The summed E-state index contributed by atoms with van der Waals surface area (Å²) >= 11 is 0. The smallest absolute Gasteiger partial charge is 0.253 e. The van der Waals surface area contributed by atoms with E-state index in [1.807, 2.05) is 66.7 Å². The van der Waals surface area contributed by atoms with Crippen LogP contribution in [0.5, 0.6) is 0 Å². The van der Waals surface area contributed by atoms with Crippen LogP contribution in [0.2, 0.25) is 0 Å². The number of hydrogen-bond donors (Lipinski definition) is 2. The molecule has 0 bridgehead atoms. The number of piperidine rings is 1. The normalized spacial score (nSPS) is 15.7. The number of anilines is 1. The van der Waals surface area contributed by atoms with Gasteiger partial charge < -0.3 is 15.2 Å². The van der Waals surface area contributed by atoms with E-state index in [1.165, 1.54) is 0 Å². The van der Waals surface area contributed by atoms with Crippen molar-refractivity contribution < 1.29 is 14.1 Å². The molecule has 0 aliphatic carbocycles. The summed E-state index contributed by atoms with van der Waals surface area (Å²) in [4.78, 5) is 32.7. The van der Waals surface area contributed by atoms with E-state index in [9.17, 15) is 9.59 Å². The molecule has 188 valence electrons. The van der Waals surface area contributed by atoms with Gasteiger partial charge in [0.25, 0.3) is 5.91 Å². The lowest BCUT2D eigenvalue weighted by molar-refractivity contribution is -0.121. The maximum atomic E-state index is 13.2. The second-order valence-corrected chi connectivity index (χ2v) is 9.16. The number of hydrogen-bond acceptors (Lipinski definition) is 6. The van der Waals surface area contributed by atoms with Crippen molar-refractivity contribution in [3.05, 3.63) is 102 Å². The van der Waals surface area contributed by atoms with Crippen LogP contribution in [0.4, 0.5) is 5.69 Å². The van der Waals surface area contributed by atoms with Crippen molar-refractivity contribution in [1.29, 1.82) is 0 Å². The number of benzene rings is 3. The molecule has 1 aliphatic rings. The van der Waals surface area contributed by atoms with Crippen molar-refractivity contribution in [3.8, 4) is 11.4 Å². The quantitative estimate of drug-likeness (QED) is 0.373. The zero-order chi connectivity index (χ0) is 25.5. The van der Waals surface area contributed by atoms with Crippen LogP contribution in [0.25, 0.3) is 11.4 Å². The Labute approximate surface area is 215 Å². The van der Waals surface area contributed by atoms with Crippen LogP contribution >= 0.6 is 0 Å². The van der Waals surface area contributed by atoms with Crippen molar-refractivity contribution in [1.82, 2.24) is 20.4 Å². The molecule has 1 fully saturated rings. The Morgan fingerprint density at radius 3 is 2.49 bits per heavy atom. The van der Waals surface area contributed by atoms with Gasteiger partial charge in [0.1, 0.15) is 0 Å². The molecule has 0 radical (unpaired) electrons. The molecule has 2 N–H and O–H groups in total. The molecule has 0 saturated carbocycles. The van der Waals surface area contributed by atoms with Crippen LogP contribution in [0, 0.1) is 5.92 Å². The number of para-hydroxylation sites is 1. The highest BCUT2D eigenvalue weighted by molar-refractivity contribution is 6.04. The number of carbonyl (C=O) groups excluding carboxylic acids is 2. The molecule has 8 heteroatoms. The van der Waals surface area contributed by atoms with Gasteiger partial charge in [-0.2, -0.15) is 4.98 Å². The number of carbonyl (C=O) groups is 2. The third-order valence-electron chi connectivity index (χ3n) is 6.46. The standard InChI is InChI=1S/C29H29N5O3/c35-28(31-25-16-8-7-15-24(25)29(36)30-18-21-10-3-1-4-11-21)23-14-9-17-34(19-23)20-26-32-27(33-37-26)22-12-5-2-6-13-22/h1-8,10-13,15-16,23H,9,14,17-20H2,(H,30,36)(H,31,35). The first kappa shape index (κ1) is 24.4. The van der Waals surface area contributed by atoms with Gasteiger partial charge >= 0.3 is 0 Å². The molecule has 8 nitrogen and oxygen atoms in total. The monoisotopic (exact) mass is 495 g/mol. The van der Waals surface area contributed by atoms with Crippen LogP contribution in [0.1, 0.15) is 34.7 Å². The molecule has 4 aromatic rings. The molecule has 1 unspecified atom stereocenters. The highest BCUT2D eigenvalue weighted by Crippen LogP contribution is 2.23. The summed E-state index contributed by atoms with van der Waals surface area (Å²) in [5.41, 5.74) is 2.87. The number of amides is 2. The second kappa shape index (κ2) is 11.6. The SMILES string of the molecule is O=C(NCc1ccccc1)c1ccccc1NC(=O)C1CCCN(Cc2nc(-c3ccccc3)no2)C1. The van der Waals surface area contributed by atoms with E-state index in [-0.39, 0.29) is 17.7 Å². The van der Waals surface area contributed by atoms with E-state index in [2.05, 4.69) is 25.7 Å². The third-order valence-corrected chi connectivity index (χ3v) is 6.46. The van der Waals surface area contributed by atoms with Gasteiger partial charge in [-0.05, 0) is 37.1 Å². The fourth-order valence-electron chi connectivity index (χ4n) is 4.53. The molecule has 2 heterocycles. The lowest BCUT2D eigenvalue weighted by atomic mass is 9.96. The summed E-state index contributed by atoms with van der Waals surface area (Å²) in [6.07, 6.45) is 1.67. The average molecular weight is 496 g/mol. The molecule has 2 amide bonds. The van der Waals surface area contributed by atoms with Gasteiger partial charge in [-0.25, -0.2) is 0 Å². The summed E-state index contributed by atoms with van der Waals surface area (Å²) in [6, 6.07) is 26.5. The Morgan fingerprint density at radius 2 is 1.68 bits per heavy atom. The van der Waals surface area contributed by atoms with Crippen LogP contribution in [-0.2, 0) is 17.9 Å². The number of nitrogens with zero attached hydrogens (tertiary/aromatic N) is 3. The molecular weight excluding hydrogens is 466 g/mol. The number of rotatable bonds is 8. The summed E-state index contributed by atoms with van der Waals surface area (Å²) < 4.78 is 5.46. The fraction of sp³-hybridized carbons (Fsp3) is 0.241. The molecule has 0 spiro atoms. The van der Waals surface area contributed by atoms with E-state index in [1.54, 1.807) is 18.2 Å². The van der Waals surface area contributed by atoms with Crippen molar-refractivity contribution in [2.75, 3.05) is 18.4 Å². The van der Waals surface area contributed by atoms with Crippen molar-refractivity contribution >= 4 is 17.5 Å². The summed E-state index contributed by atoms with van der Waals surface area (Å²) in [5.74, 6) is 0.564. The molecule has 1 atom stereocenters. The van der Waals surface area contributed by atoms with Crippen LogP contribution < -0.4 is 10.6 Å². The predicted molar refractivity (Wildman–Crippen MR) is 140 cm³/mol. The predicted octanol–water partition coefficient (Wildman–Crippen LogP) is 4.52. The molecular formula is C29H29N5O3. The first-order chi connectivity index (χ1) is 18.2. The fourth-order valence-corrected chi connectivity index (χ4v) is 4.53. The highest BCUT2D eigenvalue weighted by Gasteiger charge is 2.28. The van der Waals surface area contributed by atoms with E-state index in [0.717, 1.165) is 30.5 Å². The number of likely N-dealkylation sites (tertiary alicyclic amines) is 1. The van der Waals surface area contributed by atoms with Gasteiger partial charge in [-0.1, -0.05) is 78.0 Å². The van der Waals surface area contributed by atoms with Crippen LogP contribution in [-0.4, -0.2) is 39.9 Å². The van der Waals surface area contributed by atoms with E-state index in [0.29, 0.717) is 42.6 Å². The Bertz CT molecular complexity index is 1340. The van der Waals surface area contributed by atoms with Gasteiger partial charge in [0.05, 0.1) is 23.7 Å². The lowest BCUT2D eigenvalue weighted by Crippen LogP contribution is -2.40. The Balaban J connectivity index is 1.19. The van der Waals surface area contributed by atoms with E-state index >= 15 is 0 Å². The largest absolute Gasteiger partial charge is 0.348 e. The maximum absolute atomic E-state index is 13.2. The molecule has 37 heavy (non-hydrogen) atoms. The van der Waals surface area contributed by atoms with Gasteiger partial charge in [-0.3, -0.25) is 14.5 Å². The van der Waals surface area contributed by atoms with Gasteiger partial charge in [0.15, 0.2) is 0 Å². The molecule has 1 aromatic heterocycles. The first-order valence-electron chi connectivity index (χ1n) is 12.5. The van der Waals surface area contributed by atoms with E-state index < -0.39 is 0 Å². The van der Waals surface area contributed by atoms with Crippen LogP contribution in [0.3, 0.4) is 0 Å². The minimum absolute atomic E-state index is 0.0940. The number of aromatic nitrogens is 2. The lowest BCUT2D eigenvalue weighted by Gasteiger charge is -2.31. The van der Waals surface area contributed by atoms with Crippen molar-refractivity contribution in [3.63, 3.8) is 0 Å². The summed E-state index contributed by atoms with van der Waals surface area (Å²) in [7, 11) is 0. The second-order valence-electron chi connectivity index (χ2n) is 9.16. The zero-order valence-corrected chi connectivity index (χ0v) is 20.5. The molecule has 3 aromatic carbocycles.